The summed E-state index contributed by atoms with van der Waals surface area (Å²) in [6.07, 6.45) is 0. The zero-order valence-corrected chi connectivity index (χ0v) is 38.1. The number of nitrogens with zero attached hydrogens (tertiary/aromatic N) is 4. The Morgan fingerprint density at radius 3 is 1.72 bits per heavy atom. The van der Waals surface area contributed by atoms with Gasteiger partial charge in [0.25, 0.3) is 0 Å². The molecule has 15 rings (SSSR count). The van der Waals surface area contributed by atoms with Crippen LogP contribution in [0.15, 0.2) is 218 Å². The third kappa shape index (κ3) is 5.46. The summed E-state index contributed by atoms with van der Waals surface area (Å²) < 4.78 is 4.90. The first-order valence-electron chi connectivity index (χ1n) is 23.9. The minimum Gasteiger partial charge on any atom is -0.309 e. The molecule has 11 aromatic carbocycles. The molecule has 0 spiro atoms. The molecule has 0 fully saturated rings. The highest BCUT2D eigenvalue weighted by Crippen LogP contribution is 2.53. The second-order valence-electron chi connectivity index (χ2n) is 19.3. The van der Waals surface area contributed by atoms with Crippen molar-refractivity contribution >= 4 is 87.0 Å². The fourth-order valence-corrected chi connectivity index (χ4v) is 12.1. The molecule has 0 aliphatic heterocycles. The summed E-state index contributed by atoms with van der Waals surface area (Å²) in [6, 6.07) is 80.1. The predicted molar refractivity (Wildman–Crippen MR) is 289 cm³/mol. The minimum absolute atomic E-state index is 0.205. The van der Waals surface area contributed by atoms with E-state index < -0.39 is 0 Å². The molecular weight excluding hydrogens is 837 g/mol. The Bertz CT molecular complexity index is 4530. The molecule has 322 valence electrons. The highest BCUT2D eigenvalue weighted by molar-refractivity contribution is 6.16. The van der Waals surface area contributed by atoms with Gasteiger partial charge in [-0.15, -0.1) is 0 Å². The number of benzene rings is 11. The molecule has 3 heterocycles. The van der Waals surface area contributed by atoms with Crippen molar-refractivity contribution in [3.05, 3.63) is 230 Å². The van der Waals surface area contributed by atoms with Crippen molar-refractivity contribution in [2.45, 2.75) is 19.3 Å². The quantitative estimate of drug-likeness (QED) is 0.177. The predicted octanol–water partition coefficient (Wildman–Crippen LogP) is 16.9. The van der Waals surface area contributed by atoms with Crippen LogP contribution in [0, 0.1) is 0 Å². The Labute approximate surface area is 398 Å². The number of hydrogen-bond donors (Lipinski definition) is 0. The van der Waals surface area contributed by atoms with E-state index in [1.165, 1.54) is 92.8 Å². The molecule has 0 bridgehead atoms. The van der Waals surface area contributed by atoms with Gasteiger partial charge >= 0.3 is 0 Å². The molecular formula is C65H42N4. The van der Waals surface area contributed by atoms with E-state index in [1.807, 2.05) is 6.07 Å². The van der Waals surface area contributed by atoms with Crippen LogP contribution in [-0.2, 0) is 5.41 Å². The number of fused-ring (bicyclic) bond motifs is 13. The van der Waals surface area contributed by atoms with Crippen molar-refractivity contribution in [1.82, 2.24) is 19.1 Å². The van der Waals surface area contributed by atoms with Gasteiger partial charge in [-0.2, -0.15) is 0 Å². The average molecular weight is 879 g/mol. The Hall–Kier alpha value is -8.86. The van der Waals surface area contributed by atoms with Crippen molar-refractivity contribution in [2.75, 3.05) is 0 Å². The van der Waals surface area contributed by atoms with Crippen LogP contribution in [-0.4, -0.2) is 19.1 Å². The highest BCUT2D eigenvalue weighted by Gasteiger charge is 2.38. The van der Waals surface area contributed by atoms with Crippen LogP contribution < -0.4 is 0 Å². The van der Waals surface area contributed by atoms with Crippen molar-refractivity contribution in [3.8, 4) is 45.0 Å². The van der Waals surface area contributed by atoms with E-state index in [1.54, 1.807) is 0 Å². The monoisotopic (exact) mass is 878 g/mol. The fraction of sp³-hybridized carbons (Fsp3) is 0.0462. The van der Waals surface area contributed by atoms with Gasteiger partial charge in [0.05, 0.1) is 50.2 Å². The van der Waals surface area contributed by atoms with Gasteiger partial charge in [0, 0.05) is 49.2 Å². The number of rotatable bonds is 4. The minimum atomic E-state index is -0.205. The lowest BCUT2D eigenvalue weighted by molar-refractivity contribution is 0.662. The second kappa shape index (κ2) is 14.1. The third-order valence-electron chi connectivity index (χ3n) is 15.2. The maximum absolute atomic E-state index is 5.45. The molecule has 1 aliphatic rings. The SMILES string of the molecule is CC1(C)c2ccccc2-c2cccc(-c3nc4ccccc4nc3-c3ccc4c(-n5c6ccccc6c6cc7cc(-n8c9ccccc9c9cc%10ccccc%10cc98)ccc7cc65)cccc4c3)c21. The van der Waals surface area contributed by atoms with Gasteiger partial charge < -0.3 is 9.13 Å². The molecule has 0 saturated heterocycles. The molecule has 0 atom stereocenters. The Balaban J connectivity index is 0.899. The fourth-order valence-electron chi connectivity index (χ4n) is 12.1. The van der Waals surface area contributed by atoms with Crippen molar-refractivity contribution in [2.24, 2.45) is 0 Å². The summed E-state index contributed by atoms with van der Waals surface area (Å²) in [4.78, 5) is 10.9. The Morgan fingerprint density at radius 2 is 0.928 bits per heavy atom. The molecule has 4 heteroatoms. The van der Waals surface area contributed by atoms with E-state index >= 15 is 0 Å². The van der Waals surface area contributed by atoms with E-state index in [-0.39, 0.29) is 5.41 Å². The van der Waals surface area contributed by atoms with Gasteiger partial charge in [-0.1, -0.05) is 159 Å². The number of para-hydroxylation sites is 4. The normalized spacial score (nSPS) is 13.2. The summed E-state index contributed by atoms with van der Waals surface area (Å²) in [5.74, 6) is 0. The summed E-state index contributed by atoms with van der Waals surface area (Å²) >= 11 is 0. The Morgan fingerprint density at radius 1 is 0.348 bits per heavy atom. The lowest BCUT2D eigenvalue weighted by Gasteiger charge is -2.25. The van der Waals surface area contributed by atoms with Crippen LogP contribution in [0.1, 0.15) is 25.0 Å². The number of hydrogen-bond acceptors (Lipinski definition) is 2. The van der Waals surface area contributed by atoms with Crippen molar-refractivity contribution in [1.29, 1.82) is 0 Å². The molecule has 4 nitrogen and oxygen atoms in total. The topological polar surface area (TPSA) is 35.6 Å². The maximum Gasteiger partial charge on any atom is 0.0976 e. The molecule has 14 aromatic rings. The van der Waals surface area contributed by atoms with Crippen LogP contribution in [0.5, 0.6) is 0 Å². The first kappa shape index (κ1) is 38.3. The van der Waals surface area contributed by atoms with Crippen molar-refractivity contribution < 1.29 is 0 Å². The smallest absolute Gasteiger partial charge is 0.0976 e. The van der Waals surface area contributed by atoms with Crippen LogP contribution in [0.2, 0.25) is 0 Å². The first-order chi connectivity index (χ1) is 34.0. The molecule has 0 unspecified atom stereocenters. The van der Waals surface area contributed by atoms with E-state index in [9.17, 15) is 0 Å². The number of aromatic nitrogens is 4. The molecule has 1 aliphatic carbocycles. The zero-order chi connectivity index (χ0) is 45.5. The van der Waals surface area contributed by atoms with Gasteiger partial charge in [0.1, 0.15) is 0 Å². The van der Waals surface area contributed by atoms with E-state index in [2.05, 4.69) is 235 Å². The van der Waals surface area contributed by atoms with Gasteiger partial charge in [-0.05, 0) is 122 Å². The van der Waals surface area contributed by atoms with Gasteiger partial charge in [-0.3, -0.25) is 0 Å². The Kier molecular flexibility index (Phi) is 7.81. The molecule has 0 saturated carbocycles. The van der Waals surface area contributed by atoms with Gasteiger partial charge in [0.2, 0.25) is 0 Å². The lowest BCUT2D eigenvalue weighted by atomic mass is 9.79. The highest BCUT2D eigenvalue weighted by atomic mass is 15.0. The third-order valence-corrected chi connectivity index (χ3v) is 15.2. The maximum atomic E-state index is 5.45. The molecule has 0 radical (unpaired) electrons. The van der Waals surface area contributed by atoms with Crippen LogP contribution in [0.3, 0.4) is 0 Å². The van der Waals surface area contributed by atoms with Gasteiger partial charge in [-0.25, -0.2) is 9.97 Å². The van der Waals surface area contributed by atoms with Crippen molar-refractivity contribution in [3.63, 3.8) is 0 Å². The standard InChI is InChI=1S/C65H42N4/c1-65(2)54-23-8-5-18-47(54)50-21-14-22-51(62(50)65)64-63(66-55-24-9-10-25-56(55)67-64)43-30-32-46-42(33-43)17-13-28-57(46)69-59-27-12-7-20-49(59)53-36-44-34-45(31-29-41(44)38-61(53)69)68-58-26-11-6-19-48(58)52-35-39-15-3-4-16-40(39)37-60(52)68/h3-38H,1-2H3. The van der Waals surface area contributed by atoms with Crippen LogP contribution in [0.25, 0.3) is 132 Å². The average Bonchev–Trinajstić information content (AvgIpc) is 3.98. The summed E-state index contributed by atoms with van der Waals surface area (Å²) in [7, 11) is 0. The second-order valence-corrected chi connectivity index (χ2v) is 19.3. The van der Waals surface area contributed by atoms with Crippen LogP contribution in [0.4, 0.5) is 0 Å². The summed E-state index contributed by atoms with van der Waals surface area (Å²) in [6.45, 7) is 4.69. The van der Waals surface area contributed by atoms with E-state index in [0.717, 1.165) is 50.3 Å². The largest absolute Gasteiger partial charge is 0.309 e. The molecule has 0 N–H and O–H groups in total. The van der Waals surface area contributed by atoms with Crippen LogP contribution >= 0.6 is 0 Å². The van der Waals surface area contributed by atoms with Gasteiger partial charge in [0.15, 0.2) is 0 Å². The first-order valence-corrected chi connectivity index (χ1v) is 23.9. The van der Waals surface area contributed by atoms with E-state index in [4.69, 9.17) is 9.97 Å². The lowest BCUT2D eigenvalue weighted by Crippen LogP contribution is -2.16. The summed E-state index contributed by atoms with van der Waals surface area (Å²) in [5.41, 5.74) is 17.8. The summed E-state index contributed by atoms with van der Waals surface area (Å²) in [5, 5.41) is 12.2. The van der Waals surface area contributed by atoms with E-state index in [0.29, 0.717) is 0 Å². The zero-order valence-electron chi connectivity index (χ0n) is 38.1. The molecule has 69 heavy (non-hydrogen) atoms. The molecule has 0 amide bonds. The molecule has 3 aromatic heterocycles.